The predicted molar refractivity (Wildman–Crippen MR) is 54.5 cm³/mol. The number of hydrogen-bond acceptors (Lipinski definition) is 3. The number of hydrogen-bond donors (Lipinski definition) is 2. The molecule has 0 radical (unpaired) electrons. The molecule has 0 fully saturated rings. The summed E-state index contributed by atoms with van der Waals surface area (Å²) in [6, 6.07) is -0.265. The van der Waals surface area contributed by atoms with Gasteiger partial charge in [-0.2, -0.15) is 0 Å². The first-order chi connectivity index (χ1) is 6.43. The zero-order chi connectivity index (χ0) is 11.2. The third-order valence-electron chi connectivity index (χ3n) is 1.78. The van der Waals surface area contributed by atoms with E-state index in [1.54, 1.807) is 7.05 Å². The van der Waals surface area contributed by atoms with Gasteiger partial charge in [-0.05, 0) is 14.0 Å². The van der Waals surface area contributed by atoms with Gasteiger partial charge in [-0.25, -0.2) is 17.9 Å². The van der Waals surface area contributed by atoms with Crippen molar-refractivity contribution in [2.75, 3.05) is 32.9 Å². The van der Waals surface area contributed by atoms with Gasteiger partial charge in [0.15, 0.2) is 0 Å². The van der Waals surface area contributed by atoms with E-state index < -0.39 is 10.0 Å². The quantitative estimate of drug-likeness (QED) is 0.640. The Hall–Kier alpha value is -0.820. The van der Waals surface area contributed by atoms with Crippen molar-refractivity contribution in [2.24, 2.45) is 0 Å². The van der Waals surface area contributed by atoms with E-state index in [2.05, 4.69) is 10.0 Å². The first-order valence-corrected chi connectivity index (χ1v) is 5.98. The molecule has 0 saturated carbocycles. The molecule has 0 atom stereocenters. The first kappa shape index (κ1) is 13.2. The standard InChI is InChI=1S/C7H17N3O3S/c1-4-10(3)7(11)9-5-6-14(12,13)8-2/h8H,4-6H2,1-3H3,(H,9,11). The Kier molecular flexibility index (Phi) is 5.47. The number of nitrogens with zero attached hydrogens (tertiary/aromatic N) is 1. The summed E-state index contributed by atoms with van der Waals surface area (Å²) in [6.45, 7) is 2.54. The highest BCUT2D eigenvalue weighted by atomic mass is 32.2. The summed E-state index contributed by atoms with van der Waals surface area (Å²) >= 11 is 0. The van der Waals surface area contributed by atoms with Crippen molar-refractivity contribution in [2.45, 2.75) is 6.92 Å². The smallest absolute Gasteiger partial charge is 0.317 e. The second-order valence-electron chi connectivity index (χ2n) is 2.77. The monoisotopic (exact) mass is 223 g/mol. The molecule has 0 unspecified atom stereocenters. The normalized spacial score (nSPS) is 11.1. The van der Waals surface area contributed by atoms with E-state index in [-0.39, 0.29) is 18.3 Å². The van der Waals surface area contributed by atoms with E-state index >= 15 is 0 Å². The van der Waals surface area contributed by atoms with Crippen molar-refractivity contribution >= 4 is 16.1 Å². The maximum Gasteiger partial charge on any atom is 0.317 e. The molecule has 0 heterocycles. The van der Waals surface area contributed by atoms with E-state index in [0.29, 0.717) is 6.54 Å². The molecular formula is C7H17N3O3S. The molecule has 0 aromatic carbocycles. The Morgan fingerprint density at radius 3 is 2.43 bits per heavy atom. The highest BCUT2D eigenvalue weighted by Crippen LogP contribution is 1.84. The van der Waals surface area contributed by atoms with Crippen molar-refractivity contribution in [3.63, 3.8) is 0 Å². The van der Waals surface area contributed by atoms with Crippen LogP contribution < -0.4 is 10.0 Å². The summed E-state index contributed by atoms with van der Waals surface area (Å²) in [5.74, 6) is -0.104. The van der Waals surface area contributed by atoms with Crippen LogP contribution in [-0.2, 0) is 10.0 Å². The van der Waals surface area contributed by atoms with Gasteiger partial charge in [0, 0.05) is 20.1 Å². The molecule has 0 rings (SSSR count). The van der Waals surface area contributed by atoms with Crippen LogP contribution in [0.2, 0.25) is 0 Å². The fourth-order valence-corrected chi connectivity index (χ4v) is 1.25. The topological polar surface area (TPSA) is 78.5 Å². The van der Waals surface area contributed by atoms with Crippen LogP contribution in [0, 0.1) is 0 Å². The Balaban J connectivity index is 3.81. The van der Waals surface area contributed by atoms with Crippen molar-refractivity contribution in [3.8, 4) is 0 Å². The lowest BCUT2D eigenvalue weighted by Gasteiger charge is -2.15. The Morgan fingerprint density at radius 2 is 2.00 bits per heavy atom. The molecule has 7 heteroatoms. The fourth-order valence-electron chi connectivity index (χ4n) is 0.673. The number of rotatable bonds is 5. The van der Waals surface area contributed by atoms with Crippen LogP contribution in [0.15, 0.2) is 0 Å². The van der Waals surface area contributed by atoms with Crippen molar-refractivity contribution in [1.29, 1.82) is 0 Å². The fraction of sp³-hybridized carbons (Fsp3) is 0.857. The molecule has 0 aliphatic rings. The maximum atomic E-state index is 11.1. The van der Waals surface area contributed by atoms with Gasteiger partial charge in [0.25, 0.3) is 0 Å². The Bertz CT molecular complexity index is 276. The number of nitrogens with one attached hydrogen (secondary N) is 2. The summed E-state index contributed by atoms with van der Waals surface area (Å²) in [5, 5.41) is 2.49. The molecule has 0 spiro atoms. The molecule has 6 nitrogen and oxygen atoms in total. The van der Waals surface area contributed by atoms with Gasteiger partial charge in [0.05, 0.1) is 5.75 Å². The van der Waals surface area contributed by atoms with Crippen LogP contribution in [-0.4, -0.2) is 52.3 Å². The van der Waals surface area contributed by atoms with Crippen LogP contribution in [0.5, 0.6) is 0 Å². The average molecular weight is 223 g/mol. The van der Waals surface area contributed by atoms with Crippen LogP contribution >= 0.6 is 0 Å². The molecule has 0 aliphatic carbocycles. The molecule has 2 N–H and O–H groups in total. The van der Waals surface area contributed by atoms with Crippen LogP contribution in [0.3, 0.4) is 0 Å². The third kappa shape index (κ3) is 5.03. The molecule has 0 aromatic heterocycles. The number of carbonyl (C=O) groups is 1. The van der Waals surface area contributed by atoms with Gasteiger partial charge >= 0.3 is 6.03 Å². The lowest BCUT2D eigenvalue weighted by Crippen LogP contribution is -2.40. The zero-order valence-electron chi connectivity index (χ0n) is 8.70. The van der Waals surface area contributed by atoms with Crippen molar-refractivity contribution in [3.05, 3.63) is 0 Å². The maximum absolute atomic E-state index is 11.1. The summed E-state index contributed by atoms with van der Waals surface area (Å²) < 4.78 is 24.1. The van der Waals surface area contributed by atoms with Crippen LogP contribution in [0.4, 0.5) is 4.79 Å². The van der Waals surface area contributed by atoms with Gasteiger partial charge in [0.2, 0.25) is 10.0 Å². The molecule has 0 aliphatic heterocycles. The highest BCUT2D eigenvalue weighted by Gasteiger charge is 2.09. The zero-order valence-corrected chi connectivity index (χ0v) is 9.52. The van der Waals surface area contributed by atoms with Crippen LogP contribution in [0.1, 0.15) is 6.92 Å². The lowest BCUT2D eigenvalue weighted by atomic mass is 10.6. The Morgan fingerprint density at radius 1 is 1.43 bits per heavy atom. The van der Waals surface area contributed by atoms with Gasteiger partial charge in [0.1, 0.15) is 0 Å². The molecular weight excluding hydrogens is 206 g/mol. The first-order valence-electron chi connectivity index (χ1n) is 4.33. The predicted octanol–water partition coefficient (Wildman–Crippen LogP) is -0.803. The number of sulfonamides is 1. The Labute approximate surface area is 84.7 Å². The van der Waals surface area contributed by atoms with Gasteiger partial charge in [-0.3, -0.25) is 0 Å². The molecule has 0 saturated heterocycles. The van der Waals surface area contributed by atoms with Crippen LogP contribution in [0.25, 0.3) is 0 Å². The van der Waals surface area contributed by atoms with E-state index in [4.69, 9.17) is 0 Å². The minimum atomic E-state index is -3.23. The summed E-state index contributed by atoms with van der Waals surface area (Å²) in [5.41, 5.74) is 0. The molecule has 14 heavy (non-hydrogen) atoms. The van der Waals surface area contributed by atoms with Crippen molar-refractivity contribution in [1.82, 2.24) is 14.9 Å². The second kappa shape index (κ2) is 5.82. The van der Waals surface area contributed by atoms with Crippen molar-refractivity contribution < 1.29 is 13.2 Å². The van der Waals surface area contributed by atoms with Gasteiger partial charge < -0.3 is 10.2 Å². The summed E-state index contributed by atoms with van der Waals surface area (Å²) in [6.07, 6.45) is 0. The third-order valence-corrected chi connectivity index (χ3v) is 3.14. The highest BCUT2D eigenvalue weighted by molar-refractivity contribution is 7.89. The number of amides is 2. The average Bonchev–Trinajstić information content (AvgIpc) is 2.16. The number of urea groups is 1. The van der Waals surface area contributed by atoms with Gasteiger partial charge in [-0.15, -0.1) is 0 Å². The molecule has 0 aromatic rings. The summed E-state index contributed by atoms with van der Waals surface area (Å²) in [4.78, 5) is 12.6. The van der Waals surface area contributed by atoms with E-state index in [1.807, 2.05) is 6.92 Å². The molecule has 0 bridgehead atoms. The second-order valence-corrected chi connectivity index (χ2v) is 4.82. The van der Waals surface area contributed by atoms with E-state index in [9.17, 15) is 13.2 Å². The van der Waals surface area contributed by atoms with E-state index in [1.165, 1.54) is 11.9 Å². The molecule has 2 amide bonds. The van der Waals surface area contributed by atoms with E-state index in [0.717, 1.165) is 0 Å². The minimum Gasteiger partial charge on any atom is -0.337 e. The summed E-state index contributed by atoms with van der Waals surface area (Å²) in [7, 11) is -0.247. The van der Waals surface area contributed by atoms with Gasteiger partial charge in [-0.1, -0.05) is 0 Å². The largest absolute Gasteiger partial charge is 0.337 e. The minimum absolute atomic E-state index is 0.104. The SMILES string of the molecule is CCN(C)C(=O)NCCS(=O)(=O)NC. The molecule has 84 valence electrons. The number of carbonyl (C=O) groups excluding carboxylic acids is 1. The lowest BCUT2D eigenvalue weighted by molar-refractivity contribution is 0.212.